The largest absolute Gasteiger partial charge is 0.319 e. The van der Waals surface area contributed by atoms with Gasteiger partial charge in [0, 0.05) is 13.1 Å². The molecule has 1 aliphatic rings. The fourth-order valence-electron chi connectivity index (χ4n) is 3.03. The Balaban J connectivity index is 0.00000264. The third-order valence-electron chi connectivity index (χ3n) is 4.13. The lowest BCUT2D eigenvalue weighted by Crippen LogP contribution is -2.42. The minimum atomic E-state index is -3.51. The Morgan fingerprint density at radius 3 is 2.78 bits per heavy atom. The fourth-order valence-corrected chi connectivity index (χ4v) is 5.11. The SMILES string of the molecule is CCCc1ccc(Cl)c(S(=O)(=O)N2CCCC(CNC)C2)c1.Cl. The van der Waals surface area contributed by atoms with Gasteiger partial charge in [0.05, 0.1) is 5.02 Å². The van der Waals surface area contributed by atoms with Crippen molar-refractivity contribution in [2.45, 2.75) is 37.5 Å². The third kappa shape index (κ3) is 5.07. The monoisotopic (exact) mass is 380 g/mol. The summed E-state index contributed by atoms with van der Waals surface area (Å²) in [6, 6.07) is 5.35. The molecule has 0 saturated carbocycles. The van der Waals surface area contributed by atoms with Gasteiger partial charge in [-0.05, 0) is 56.5 Å². The standard InChI is InChI=1S/C16H25ClN2O2S.ClH/c1-3-5-13-7-8-15(17)16(10-13)22(20,21)19-9-4-6-14(12-19)11-18-2;/h7-8,10,14,18H,3-6,9,11-12H2,1-2H3;1H. The van der Waals surface area contributed by atoms with Gasteiger partial charge in [-0.25, -0.2) is 8.42 Å². The van der Waals surface area contributed by atoms with Crippen molar-refractivity contribution < 1.29 is 8.42 Å². The van der Waals surface area contributed by atoms with Crippen molar-refractivity contribution in [3.8, 4) is 0 Å². The van der Waals surface area contributed by atoms with Crippen LogP contribution in [0.15, 0.2) is 23.1 Å². The fraction of sp³-hybridized carbons (Fsp3) is 0.625. The molecule has 132 valence electrons. The van der Waals surface area contributed by atoms with Crippen LogP contribution in [0, 0.1) is 5.92 Å². The first-order valence-corrected chi connectivity index (χ1v) is 9.74. The smallest absolute Gasteiger partial charge is 0.244 e. The maximum atomic E-state index is 12.9. The number of benzene rings is 1. The molecule has 1 atom stereocenters. The molecule has 7 heteroatoms. The third-order valence-corrected chi connectivity index (χ3v) is 6.47. The van der Waals surface area contributed by atoms with Gasteiger partial charge in [-0.1, -0.05) is 31.0 Å². The highest BCUT2D eigenvalue weighted by atomic mass is 35.5. The molecule has 0 radical (unpaired) electrons. The molecule has 1 N–H and O–H groups in total. The summed E-state index contributed by atoms with van der Waals surface area (Å²) in [5.74, 6) is 0.367. The highest BCUT2D eigenvalue weighted by Gasteiger charge is 2.31. The van der Waals surface area contributed by atoms with E-state index in [0.717, 1.165) is 37.8 Å². The minimum Gasteiger partial charge on any atom is -0.319 e. The number of aryl methyl sites for hydroxylation is 1. The Morgan fingerprint density at radius 1 is 1.39 bits per heavy atom. The van der Waals surface area contributed by atoms with Crippen molar-refractivity contribution in [1.29, 1.82) is 0 Å². The second kappa shape index (κ2) is 9.23. The van der Waals surface area contributed by atoms with Crippen molar-refractivity contribution in [3.05, 3.63) is 28.8 Å². The molecule has 0 aliphatic carbocycles. The van der Waals surface area contributed by atoms with Gasteiger partial charge >= 0.3 is 0 Å². The highest BCUT2D eigenvalue weighted by molar-refractivity contribution is 7.89. The van der Waals surface area contributed by atoms with E-state index in [1.54, 1.807) is 16.4 Å². The predicted octanol–water partition coefficient (Wildman–Crippen LogP) is 3.33. The molecule has 0 aromatic heterocycles. The Kier molecular flexibility index (Phi) is 8.31. The van der Waals surface area contributed by atoms with E-state index in [4.69, 9.17) is 11.6 Å². The number of sulfonamides is 1. The Hall–Kier alpha value is -0.330. The molecular weight excluding hydrogens is 355 g/mol. The van der Waals surface area contributed by atoms with Crippen molar-refractivity contribution in [2.75, 3.05) is 26.7 Å². The van der Waals surface area contributed by atoms with E-state index in [1.165, 1.54) is 0 Å². The molecular formula is C16H26Cl2N2O2S. The number of rotatable bonds is 6. The first-order chi connectivity index (χ1) is 10.5. The summed E-state index contributed by atoms with van der Waals surface area (Å²) in [6.07, 6.45) is 3.81. The number of nitrogens with one attached hydrogen (secondary N) is 1. The maximum absolute atomic E-state index is 12.9. The van der Waals surface area contributed by atoms with Crippen LogP contribution in [0.2, 0.25) is 5.02 Å². The van der Waals surface area contributed by atoms with Gasteiger partial charge in [-0.15, -0.1) is 12.4 Å². The first-order valence-electron chi connectivity index (χ1n) is 7.92. The molecule has 1 aliphatic heterocycles. The summed E-state index contributed by atoms with van der Waals surface area (Å²) >= 11 is 6.18. The van der Waals surface area contributed by atoms with Gasteiger partial charge < -0.3 is 5.32 Å². The molecule has 1 unspecified atom stereocenters. The Bertz CT molecular complexity index is 606. The van der Waals surface area contributed by atoms with Gasteiger partial charge in [0.2, 0.25) is 10.0 Å². The first kappa shape index (κ1) is 20.7. The van der Waals surface area contributed by atoms with E-state index in [2.05, 4.69) is 12.2 Å². The van der Waals surface area contributed by atoms with Crippen molar-refractivity contribution in [1.82, 2.24) is 9.62 Å². The van der Waals surface area contributed by atoms with E-state index in [0.29, 0.717) is 24.0 Å². The molecule has 4 nitrogen and oxygen atoms in total. The van der Waals surface area contributed by atoms with Crippen LogP contribution in [0.4, 0.5) is 0 Å². The van der Waals surface area contributed by atoms with Crippen LogP contribution in [-0.4, -0.2) is 39.4 Å². The average Bonchev–Trinajstić information content (AvgIpc) is 2.50. The number of piperidine rings is 1. The van der Waals surface area contributed by atoms with E-state index in [1.807, 2.05) is 13.1 Å². The molecule has 1 fully saturated rings. The Morgan fingerprint density at radius 2 is 2.13 bits per heavy atom. The minimum absolute atomic E-state index is 0. The molecule has 0 amide bonds. The van der Waals surface area contributed by atoms with Gasteiger partial charge in [-0.2, -0.15) is 4.31 Å². The molecule has 0 spiro atoms. The number of halogens is 2. The predicted molar refractivity (Wildman–Crippen MR) is 98.1 cm³/mol. The van der Waals surface area contributed by atoms with Gasteiger partial charge in [0.15, 0.2) is 0 Å². The van der Waals surface area contributed by atoms with Gasteiger partial charge in [0.1, 0.15) is 4.90 Å². The number of hydrogen-bond acceptors (Lipinski definition) is 3. The zero-order valence-electron chi connectivity index (χ0n) is 13.7. The van der Waals surface area contributed by atoms with Crippen LogP contribution in [-0.2, 0) is 16.4 Å². The molecule has 1 heterocycles. The molecule has 23 heavy (non-hydrogen) atoms. The Labute approximate surface area is 151 Å². The summed E-state index contributed by atoms with van der Waals surface area (Å²) in [6.45, 7) is 4.07. The second-order valence-corrected chi connectivity index (χ2v) is 8.26. The lowest BCUT2D eigenvalue weighted by atomic mass is 10.00. The van der Waals surface area contributed by atoms with Crippen molar-refractivity contribution in [3.63, 3.8) is 0 Å². The quantitative estimate of drug-likeness (QED) is 0.822. The second-order valence-electron chi connectivity index (χ2n) is 5.94. The summed E-state index contributed by atoms with van der Waals surface area (Å²) in [5, 5.41) is 3.45. The van der Waals surface area contributed by atoms with E-state index in [-0.39, 0.29) is 17.3 Å². The topological polar surface area (TPSA) is 49.4 Å². The van der Waals surface area contributed by atoms with Crippen molar-refractivity contribution in [2.24, 2.45) is 5.92 Å². The lowest BCUT2D eigenvalue weighted by molar-refractivity contribution is 0.263. The summed E-state index contributed by atoms with van der Waals surface area (Å²) in [7, 11) is -1.61. The van der Waals surface area contributed by atoms with Crippen LogP contribution in [0.3, 0.4) is 0 Å². The number of hydrogen-bond donors (Lipinski definition) is 1. The summed E-state index contributed by atoms with van der Waals surface area (Å²) < 4.78 is 27.5. The van der Waals surface area contributed by atoms with Crippen molar-refractivity contribution >= 4 is 34.0 Å². The molecule has 1 saturated heterocycles. The summed E-state index contributed by atoms with van der Waals surface area (Å²) in [4.78, 5) is 0.255. The highest BCUT2D eigenvalue weighted by Crippen LogP contribution is 2.29. The van der Waals surface area contributed by atoms with Crippen LogP contribution in [0.5, 0.6) is 0 Å². The van der Waals surface area contributed by atoms with E-state index >= 15 is 0 Å². The van der Waals surface area contributed by atoms with Crippen LogP contribution in [0.1, 0.15) is 31.7 Å². The maximum Gasteiger partial charge on any atom is 0.244 e. The number of nitrogens with zero attached hydrogens (tertiary/aromatic N) is 1. The zero-order valence-corrected chi connectivity index (χ0v) is 16.1. The lowest BCUT2D eigenvalue weighted by Gasteiger charge is -2.32. The van der Waals surface area contributed by atoms with E-state index in [9.17, 15) is 8.42 Å². The van der Waals surface area contributed by atoms with Crippen LogP contribution in [0.25, 0.3) is 0 Å². The zero-order chi connectivity index (χ0) is 16.2. The van der Waals surface area contributed by atoms with Gasteiger partial charge in [-0.3, -0.25) is 0 Å². The normalized spacial score (nSPS) is 19.3. The van der Waals surface area contributed by atoms with Gasteiger partial charge in [0.25, 0.3) is 0 Å². The molecule has 1 aromatic carbocycles. The molecule has 0 bridgehead atoms. The van der Waals surface area contributed by atoms with E-state index < -0.39 is 10.0 Å². The average molecular weight is 381 g/mol. The molecule has 2 rings (SSSR count). The van der Waals surface area contributed by atoms with Crippen LogP contribution >= 0.6 is 24.0 Å². The molecule has 1 aromatic rings. The van der Waals surface area contributed by atoms with Crippen LogP contribution < -0.4 is 5.32 Å². The summed E-state index contributed by atoms with van der Waals surface area (Å²) in [5.41, 5.74) is 1.02.